The second kappa shape index (κ2) is 11.7. The molecular weight excluding hydrogens is 476 g/mol. The first-order chi connectivity index (χ1) is 17.0. The van der Waals surface area contributed by atoms with Crippen molar-refractivity contribution >= 4 is 23.4 Å². The number of carbonyl (C=O) groups is 2. The Bertz CT molecular complexity index is 1070. The number of methoxy groups -OCH3 is 1. The quantitative estimate of drug-likeness (QED) is 0.461. The molecule has 2 aromatic carbocycles. The highest BCUT2D eigenvalue weighted by Crippen LogP contribution is 2.38. The van der Waals surface area contributed by atoms with Crippen molar-refractivity contribution in [3.63, 3.8) is 0 Å². The van der Waals surface area contributed by atoms with E-state index in [2.05, 4.69) is 6.92 Å². The molecule has 2 amide bonds. The lowest BCUT2D eigenvalue weighted by Crippen LogP contribution is -2.50. The third kappa shape index (κ3) is 6.60. The van der Waals surface area contributed by atoms with Crippen LogP contribution in [-0.2, 0) is 16.8 Å². The van der Waals surface area contributed by atoms with Gasteiger partial charge in [0.25, 0.3) is 11.8 Å². The molecule has 196 valence electrons. The summed E-state index contributed by atoms with van der Waals surface area (Å²) in [5.74, 6) is 0.271. The van der Waals surface area contributed by atoms with Crippen molar-refractivity contribution in [3.8, 4) is 5.75 Å². The molecule has 36 heavy (non-hydrogen) atoms. The molecule has 1 atom stereocenters. The van der Waals surface area contributed by atoms with Crippen LogP contribution in [0.15, 0.2) is 42.5 Å². The number of halogens is 1. The molecule has 7 heteroatoms. The largest absolute Gasteiger partial charge is 0.497 e. The molecule has 1 aliphatic rings. The van der Waals surface area contributed by atoms with Gasteiger partial charge in [-0.1, -0.05) is 43.1 Å². The van der Waals surface area contributed by atoms with Crippen molar-refractivity contribution in [3.05, 3.63) is 64.2 Å². The van der Waals surface area contributed by atoms with E-state index in [4.69, 9.17) is 16.3 Å². The van der Waals surface area contributed by atoms with E-state index in [1.807, 2.05) is 18.2 Å². The van der Waals surface area contributed by atoms with Crippen LogP contribution in [0.5, 0.6) is 5.75 Å². The summed E-state index contributed by atoms with van der Waals surface area (Å²) >= 11 is 6.35. The third-order valence-corrected chi connectivity index (χ3v) is 7.78. The van der Waals surface area contributed by atoms with E-state index in [9.17, 15) is 14.7 Å². The van der Waals surface area contributed by atoms with Crippen LogP contribution in [0, 0.1) is 5.41 Å². The molecule has 0 saturated carbocycles. The van der Waals surface area contributed by atoms with Gasteiger partial charge in [-0.15, -0.1) is 0 Å². The molecule has 0 spiro atoms. The van der Waals surface area contributed by atoms with E-state index in [-0.39, 0.29) is 17.2 Å². The van der Waals surface area contributed by atoms with Crippen molar-refractivity contribution in [1.82, 2.24) is 9.80 Å². The number of nitrogens with zero attached hydrogens (tertiary/aromatic N) is 2. The minimum Gasteiger partial charge on any atom is -0.497 e. The number of aliphatic hydroxyl groups is 1. The van der Waals surface area contributed by atoms with Gasteiger partial charge in [-0.3, -0.25) is 9.59 Å². The number of ether oxygens (including phenoxy) is 1. The fourth-order valence-corrected chi connectivity index (χ4v) is 5.15. The van der Waals surface area contributed by atoms with Crippen molar-refractivity contribution < 1.29 is 19.4 Å². The topological polar surface area (TPSA) is 70.1 Å². The van der Waals surface area contributed by atoms with E-state index < -0.39 is 5.60 Å². The van der Waals surface area contributed by atoms with Gasteiger partial charge in [0.1, 0.15) is 5.75 Å². The maximum Gasteiger partial charge on any atom is 0.258 e. The van der Waals surface area contributed by atoms with Crippen molar-refractivity contribution in [2.75, 3.05) is 34.3 Å². The number of hydrogen-bond donors (Lipinski definition) is 1. The number of hydrogen-bond acceptors (Lipinski definition) is 4. The summed E-state index contributed by atoms with van der Waals surface area (Å²) in [6.07, 6.45) is 5.97. The molecule has 0 aromatic heterocycles. The normalized spacial score (nSPS) is 16.8. The van der Waals surface area contributed by atoms with Gasteiger partial charge in [0.2, 0.25) is 0 Å². The fraction of sp³-hybridized carbons (Fsp3) is 0.517. The predicted molar refractivity (Wildman–Crippen MR) is 144 cm³/mol. The van der Waals surface area contributed by atoms with Gasteiger partial charge in [-0.05, 0) is 79.8 Å². The maximum atomic E-state index is 13.2. The Labute approximate surface area is 220 Å². The first kappa shape index (κ1) is 28.0. The minimum absolute atomic E-state index is 0.0886. The van der Waals surface area contributed by atoms with Crippen molar-refractivity contribution in [2.24, 2.45) is 5.41 Å². The fourth-order valence-electron chi connectivity index (χ4n) is 4.87. The SMILES string of the molecule is COc1cccc(C(C)(O)C(=O)N2CCC(C)(CCCCc3ccc(C(=O)N(C)C)c(Cl)c3)CC2)c1. The van der Waals surface area contributed by atoms with Gasteiger partial charge in [0.15, 0.2) is 5.60 Å². The van der Waals surface area contributed by atoms with E-state index in [1.165, 1.54) is 4.90 Å². The molecule has 1 unspecified atom stereocenters. The van der Waals surface area contributed by atoms with E-state index in [1.54, 1.807) is 57.3 Å². The Morgan fingerprint density at radius 2 is 1.83 bits per heavy atom. The Morgan fingerprint density at radius 3 is 2.44 bits per heavy atom. The second-order valence-electron chi connectivity index (χ2n) is 10.6. The molecule has 0 aliphatic carbocycles. The van der Waals surface area contributed by atoms with Crippen LogP contribution in [0.2, 0.25) is 5.02 Å². The smallest absolute Gasteiger partial charge is 0.258 e. The number of rotatable bonds is 9. The zero-order chi connectivity index (χ0) is 26.5. The Morgan fingerprint density at radius 1 is 1.14 bits per heavy atom. The molecule has 1 aliphatic heterocycles. The number of amides is 2. The molecular formula is C29H39ClN2O4. The number of aryl methyl sites for hydroxylation is 1. The number of unbranched alkanes of at least 4 members (excludes halogenated alkanes) is 1. The third-order valence-electron chi connectivity index (χ3n) is 7.47. The maximum absolute atomic E-state index is 13.2. The summed E-state index contributed by atoms with van der Waals surface area (Å²) in [6.45, 7) is 5.15. The minimum atomic E-state index is -1.59. The molecule has 1 N–H and O–H groups in total. The van der Waals surface area contributed by atoms with Crippen LogP contribution in [-0.4, -0.2) is 61.0 Å². The summed E-state index contributed by atoms with van der Waals surface area (Å²) in [5.41, 5.74) is 0.804. The molecule has 1 saturated heterocycles. The average molecular weight is 515 g/mol. The lowest BCUT2D eigenvalue weighted by Gasteiger charge is -2.41. The highest BCUT2D eigenvalue weighted by Gasteiger charge is 2.40. The lowest BCUT2D eigenvalue weighted by molar-refractivity contribution is -0.153. The van der Waals surface area contributed by atoms with Gasteiger partial charge < -0.3 is 19.6 Å². The predicted octanol–water partition coefficient (Wildman–Crippen LogP) is 5.30. The van der Waals surface area contributed by atoms with Crippen molar-refractivity contribution in [1.29, 1.82) is 0 Å². The van der Waals surface area contributed by atoms with Crippen LogP contribution >= 0.6 is 11.6 Å². The summed E-state index contributed by atoms with van der Waals surface area (Å²) in [4.78, 5) is 28.7. The summed E-state index contributed by atoms with van der Waals surface area (Å²) < 4.78 is 5.25. The number of piperidine rings is 1. The van der Waals surface area contributed by atoms with Crippen LogP contribution in [0.25, 0.3) is 0 Å². The summed E-state index contributed by atoms with van der Waals surface area (Å²) in [7, 11) is 5.01. The van der Waals surface area contributed by atoms with Gasteiger partial charge in [-0.25, -0.2) is 0 Å². The molecule has 6 nitrogen and oxygen atoms in total. The Hall–Kier alpha value is -2.57. The standard InChI is InChI=1S/C29H39ClN2O4/c1-28(14-7-6-9-21-12-13-24(25(30)19-21)26(33)31(3)4)15-17-32(18-16-28)27(34)29(2,35)22-10-8-11-23(20-22)36-5/h8,10-13,19-20,35H,6-7,9,14-18H2,1-5H3. The molecule has 3 rings (SSSR count). The van der Waals surface area contributed by atoms with Crippen molar-refractivity contribution in [2.45, 2.75) is 58.0 Å². The van der Waals surface area contributed by atoms with Crippen LogP contribution in [0.1, 0.15) is 67.4 Å². The monoisotopic (exact) mass is 514 g/mol. The highest BCUT2D eigenvalue weighted by molar-refractivity contribution is 6.33. The lowest BCUT2D eigenvalue weighted by atomic mass is 9.76. The van der Waals surface area contributed by atoms with Gasteiger partial charge in [0.05, 0.1) is 17.7 Å². The zero-order valence-electron chi connectivity index (χ0n) is 22.1. The first-order valence-corrected chi connectivity index (χ1v) is 13.0. The summed E-state index contributed by atoms with van der Waals surface area (Å²) in [5, 5.41) is 11.6. The van der Waals surface area contributed by atoms with Gasteiger partial charge in [-0.2, -0.15) is 0 Å². The molecule has 1 heterocycles. The molecule has 2 aromatic rings. The Kier molecular flexibility index (Phi) is 9.07. The number of benzene rings is 2. The zero-order valence-corrected chi connectivity index (χ0v) is 22.9. The van der Waals surface area contributed by atoms with E-state index in [0.29, 0.717) is 35.0 Å². The highest BCUT2D eigenvalue weighted by atomic mass is 35.5. The van der Waals surface area contributed by atoms with E-state index in [0.717, 1.165) is 44.1 Å². The van der Waals surface area contributed by atoms with Gasteiger partial charge in [0, 0.05) is 27.2 Å². The van der Waals surface area contributed by atoms with E-state index >= 15 is 0 Å². The number of likely N-dealkylation sites (tertiary alicyclic amines) is 1. The summed E-state index contributed by atoms with van der Waals surface area (Å²) in [6, 6.07) is 12.8. The van der Waals surface area contributed by atoms with Crippen LogP contribution < -0.4 is 4.74 Å². The molecule has 0 radical (unpaired) electrons. The van der Waals surface area contributed by atoms with Gasteiger partial charge >= 0.3 is 0 Å². The second-order valence-corrected chi connectivity index (χ2v) is 11.0. The van der Waals surface area contributed by atoms with Crippen LogP contribution in [0.3, 0.4) is 0 Å². The first-order valence-electron chi connectivity index (χ1n) is 12.6. The molecule has 1 fully saturated rings. The number of carbonyl (C=O) groups excluding carboxylic acids is 2. The average Bonchev–Trinajstić information content (AvgIpc) is 2.86. The Balaban J connectivity index is 1.48. The van der Waals surface area contributed by atoms with Crippen LogP contribution in [0.4, 0.5) is 0 Å². The molecule has 0 bridgehead atoms.